The van der Waals surface area contributed by atoms with Gasteiger partial charge in [0, 0.05) is 13.1 Å². The number of carbonyl (C=O) groups excluding carboxylic acids is 1. The maximum atomic E-state index is 12.5. The van der Waals surface area contributed by atoms with Gasteiger partial charge in [-0.05, 0) is 18.8 Å². The quantitative estimate of drug-likeness (QED) is 0.756. The molecule has 0 aromatic rings. The third-order valence-corrected chi connectivity index (χ3v) is 5.93. The van der Waals surface area contributed by atoms with Gasteiger partial charge in [0.2, 0.25) is 5.91 Å². The zero-order chi connectivity index (χ0) is 16.2. The first-order valence-corrected chi connectivity index (χ1v) is 9.27. The van der Waals surface area contributed by atoms with E-state index in [-0.39, 0.29) is 36.5 Å². The number of carbonyl (C=O) groups is 1. The van der Waals surface area contributed by atoms with Crippen molar-refractivity contribution in [3.63, 3.8) is 0 Å². The van der Waals surface area contributed by atoms with E-state index >= 15 is 0 Å². The summed E-state index contributed by atoms with van der Waals surface area (Å²) in [5, 5.41) is 2.69. The molecule has 2 fully saturated rings. The van der Waals surface area contributed by atoms with Crippen LogP contribution in [0.15, 0.2) is 0 Å². The smallest absolute Gasteiger partial charge is 0.251 e. The van der Waals surface area contributed by atoms with Gasteiger partial charge in [0.1, 0.15) is 6.04 Å². The second kappa shape index (κ2) is 7.65. The van der Waals surface area contributed by atoms with E-state index < -0.39 is 28.8 Å². The third-order valence-electron chi connectivity index (χ3n) is 4.04. The van der Waals surface area contributed by atoms with Crippen molar-refractivity contribution < 1.29 is 26.7 Å². The van der Waals surface area contributed by atoms with Gasteiger partial charge in [0.05, 0.1) is 31.3 Å². The molecule has 1 amide bonds. The summed E-state index contributed by atoms with van der Waals surface area (Å²) in [7, 11) is -3.02. The molecule has 2 unspecified atom stereocenters. The van der Waals surface area contributed by atoms with Crippen LogP contribution in [0.5, 0.6) is 0 Å². The van der Waals surface area contributed by atoms with Gasteiger partial charge in [-0.1, -0.05) is 0 Å². The maximum Gasteiger partial charge on any atom is 0.251 e. The molecule has 9 heteroatoms. The highest BCUT2D eigenvalue weighted by Gasteiger charge is 2.32. The summed E-state index contributed by atoms with van der Waals surface area (Å²) in [6.45, 7) is 0.509. The van der Waals surface area contributed by atoms with E-state index in [2.05, 4.69) is 5.32 Å². The van der Waals surface area contributed by atoms with Crippen molar-refractivity contribution in [3.05, 3.63) is 0 Å². The molecule has 22 heavy (non-hydrogen) atoms. The zero-order valence-electron chi connectivity index (χ0n) is 12.3. The van der Waals surface area contributed by atoms with Gasteiger partial charge in [0.25, 0.3) is 6.43 Å². The monoisotopic (exact) mass is 340 g/mol. The van der Waals surface area contributed by atoms with E-state index in [0.717, 1.165) is 6.42 Å². The Morgan fingerprint density at radius 3 is 2.86 bits per heavy atom. The van der Waals surface area contributed by atoms with Crippen molar-refractivity contribution in [3.8, 4) is 0 Å². The van der Waals surface area contributed by atoms with Crippen LogP contribution in [0.1, 0.15) is 12.8 Å². The van der Waals surface area contributed by atoms with Crippen molar-refractivity contribution in [1.29, 1.82) is 0 Å². The van der Waals surface area contributed by atoms with E-state index in [1.165, 1.54) is 4.90 Å². The van der Waals surface area contributed by atoms with Crippen molar-refractivity contribution in [2.24, 2.45) is 5.92 Å². The molecule has 0 aliphatic carbocycles. The number of halogens is 2. The zero-order valence-corrected chi connectivity index (χ0v) is 13.2. The molecule has 0 aromatic heterocycles. The fraction of sp³-hybridized carbons (Fsp3) is 0.923. The Labute approximate surface area is 129 Å². The number of morpholine rings is 1. The molecule has 1 N–H and O–H groups in total. The highest BCUT2D eigenvalue weighted by Crippen LogP contribution is 2.18. The number of amides is 1. The lowest BCUT2D eigenvalue weighted by Crippen LogP contribution is -2.55. The molecule has 2 heterocycles. The Balaban J connectivity index is 1.84. The first-order valence-electron chi connectivity index (χ1n) is 7.45. The topological polar surface area (TPSA) is 75.7 Å². The number of nitrogens with zero attached hydrogens (tertiary/aromatic N) is 1. The molecule has 0 bridgehead atoms. The van der Waals surface area contributed by atoms with Crippen LogP contribution in [0.25, 0.3) is 0 Å². The molecule has 2 saturated heterocycles. The molecule has 0 saturated carbocycles. The minimum Gasteiger partial charge on any atom is -0.378 e. The minimum atomic E-state index is -3.02. The van der Waals surface area contributed by atoms with E-state index in [4.69, 9.17) is 4.74 Å². The van der Waals surface area contributed by atoms with Crippen LogP contribution < -0.4 is 5.32 Å². The van der Waals surface area contributed by atoms with E-state index in [1.54, 1.807) is 0 Å². The Kier molecular flexibility index (Phi) is 6.10. The largest absolute Gasteiger partial charge is 0.378 e. The fourth-order valence-electron chi connectivity index (χ4n) is 2.92. The predicted molar refractivity (Wildman–Crippen MR) is 76.6 cm³/mol. The predicted octanol–water partition coefficient (Wildman–Crippen LogP) is -0.107. The Hall–Kier alpha value is -0.800. The normalized spacial score (nSPS) is 29.4. The van der Waals surface area contributed by atoms with Gasteiger partial charge in [-0.15, -0.1) is 0 Å². The third kappa shape index (κ3) is 5.13. The number of nitrogens with one attached hydrogen (secondary N) is 1. The number of ether oxygens (including phenoxy) is 1. The van der Waals surface area contributed by atoms with Crippen molar-refractivity contribution >= 4 is 15.7 Å². The Morgan fingerprint density at radius 1 is 1.41 bits per heavy atom. The van der Waals surface area contributed by atoms with Crippen LogP contribution in [-0.4, -0.2) is 76.0 Å². The fourth-order valence-corrected chi connectivity index (χ4v) is 4.69. The molecular weight excluding hydrogens is 318 g/mol. The molecule has 2 aliphatic rings. The summed E-state index contributed by atoms with van der Waals surface area (Å²) in [5.41, 5.74) is 0. The summed E-state index contributed by atoms with van der Waals surface area (Å²) in [5.74, 6) is -0.190. The highest BCUT2D eigenvalue weighted by atomic mass is 32.2. The van der Waals surface area contributed by atoms with Gasteiger partial charge in [-0.3, -0.25) is 9.69 Å². The van der Waals surface area contributed by atoms with E-state index in [9.17, 15) is 22.0 Å². The van der Waals surface area contributed by atoms with Gasteiger partial charge in [0.15, 0.2) is 9.84 Å². The summed E-state index contributed by atoms with van der Waals surface area (Å²) >= 11 is 0. The number of alkyl halides is 2. The van der Waals surface area contributed by atoms with Gasteiger partial charge >= 0.3 is 0 Å². The molecule has 0 aromatic carbocycles. The number of sulfone groups is 1. The number of hydrogen-bond donors (Lipinski definition) is 1. The van der Waals surface area contributed by atoms with Crippen molar-refractivity contribution in [1.82, 2.24) is 10.2 Å². The number of rotatable bonds is 5. The van der Waals surface area contributed by atoms with Gasteiger partial charge < -0.3 is 10.1 Å². The standard InChI is InChI=1S/C13H22F2N2O4S/c14-12(15)7-17-3-4-21-8-11(17)13(18)16-6-10-2-1-5-22(19,20)9-10/h10-12H,1-9H2,(H,16,18). The second-order valence-electron chi connectivity index (χ2n) is 5.84. The SMILES string of the molecule is O=C(NCC1CCCS(=O)(=O)C1)C1COCCN1CC(F)F. The molecule has 0 spiro atoms. The molecule has 0 radical (unpaired) electrons. The maximum absolute atomic E-state index is 12.5. The summed E-state index contributed by atoms with van der Waals surface area (Å²) < 4.78 is 53.4. The Bertz CT molecular complexity index is 486. The van der Waals surface area contributed by atoms with Crippen LogP contribution in [-0.2, 0) is 19.4 Å². The van der Waals surface area contributed by atoms with Crippen molar-refractivity contribution in [2.75, 3.05) is 44.4 Å². The first kappa shape index (κ1) is 17.6. The summed E-state index contributed by atoms with van der Waals surface area (Å²) in [4.78, 5) is 13.6. The van der Waals surface area contributed by atoms with Crippen molar-refractivity contribution in [2.45, 2.75) is 25.3 Å². The lowest BCUT2D eigenvalue weighted by Gasteiger charge is -2.34. The van der Waals surface area contributed by atoms with Gasteiger partial charge in [-0.25, -0.2) is 17.2 Å². The van der Waals surface area contributed by atoms with Gasteiger partial charge in [-0.2, -0.15) is 0 Å². The van der Waals surface area contributed by atoms with Crippen LogP contribution in [0, 0.1) is 5.92 Å². The molecule has 2 aliphatic heterocycles. The molecule has 2 atom stereocenters. The molecule has 6 nitrogen and oxygen atoms in total. The second-order valence-corrected chi connectivity index (χ2v) is 8.07. The Morgan fingerprint density at radius 2 is 2.18 bits per heavy atom. The average Bonchev–Trinajstić information content (AvgIpc) is 2.44. The lowest BCUT2D eigenvalue weighted by atomic mass is 10.1. The number of hydrogen-bond acceptors (Lipinski definition) is 5. The summed E-state index contributed by atoms with van der Waals surface area (Å²) in [6, 6.07) is -0.733. The van der Waals surface area contributed by atoms with Crippen LogP contribution in [0.4, 0.5) is 8.78 Å². The molecule has 128 valence electrons. The van der Waals surface area contributed by atoms with Crippen LogP contribution >= 0.6 is 0 Å². The van der Waals surface area contributed by atoms with Crippen LogP contribution in [0.3, 0.4) is 0 Å². The molecular formula is C13H22F2N2O4S. The van der Waals surface area contributed by atoms with Crippen LogP contribution in [0.2, 0.25) is 0 Å². The van der Waals surface area contributed by atoms with E-state index in [1.807, 2.05) is 0 Å². The molecule has 2 rings (SSSR count). The average molecular weight is 340 g/mol. The summed E-state index contributed by atoms with van der Waals surface area (Å²) in [6.07, 6.45) is -1.15. The highest BCUT2D eigenvalue weighted by molar-refractivity contribution is 7.91. The lowest BCUT2D eigenvalue weighted by molar-refractivity contribution is -0.134. The van der Waals surface area contributed by atoms with E-state index in [0.29, 0.717) is 19.6 Å². The minimum absolute atomic E-state index is 0.0786. The first-order chi connectivity index (χ1) is 10.4.